The molecule has 0 radical (unpaired) electrons. The van der Waals surface area contributed by atoms with Crippen LogP contribution in [0.15, 0.2) is 65.3 Å². The largest absolute Gasteiger partial charge is 0.493 e. The molecule has 0 heterocycles. The summed E-state index contributed by atoms with van der Waals surface area (Å²) in [5.41, 5.74) is 2.95. The highest BCUT2D eigenvalue weighted by Crippen LogP contribution is 2.39. The molecule has 0 saturated heterocycles. The second-order valence-corrected chi connectivity index (χ2v) is 8.52. The highest BCUT2D eigenvalue weighted by Gasteiger charge is 2.13. The molecule has 0 amide bonds. The van der Waals surface area contributed by atoms with Crippen LogP contribution in [0.3, 0.4) is 0 Å². The number of rotatable bonds is 10. The van der Waals surface area contributed by atoms with Crippen molar-refractivity contribution in [1.29, 1.82) is 0 Å². The molecule has 1 N–H and O–H groups in total. The van der Waals surface area contributed by atoms with Crippen LogP contribution in [0.2, 0.25) is 5.02 Å². The molecule has 35 heavy (non-hydrogen) atoms. The number of carbonyl (C=O) groups is 1. The first-order chi connectivity index (χ1) is 16.9. The molecular weight excluding hydrogens is 534 g/mol. The first kappa shape index (κ1) is 26.2. The van der Waals surface area contributed by atoms with Gasteiger partial charge in [-0.1, -0.05) is 35.9 Å². The number of anilines is 1. The van der Waals surface area contributed by atoms with Crippen LogP contribution in [0.1, 0.15) is 21.5 Å². The van der Waals surface area contributed by atoms with Gasteiger partial charge in [-0.2, -0.15) is 0 Å². The summed E-state index contributed by atoms with van der Waals surface area (Å²) in [5.74, 6) is 2.11. The van der Waals surface area contributed by atoms with Crippen molar-refractivity contribution in [3.8, 4) is 23.0 Å². The Labute approximate surface area is 218 Å². The first-order valence-electron chi connectivity index (χ1n) is 10.5. The van der Waals surface area contributed by atoms with E-state index in [-0.39, 0.29) is 5.78 Å². The summed E-state index contributed by atoms with van der Waals surface area (Å²) in [6.45, 7) is 0. The Morgan fingerprint density at radius 1 is 0.857 bits per heavy atom. The van der Waals surface area contributed by atoms with E-state index in [0.29, 0.717) is 39.3 Å². The van der Waals surface area contributed by atoms with E-state index in [2.05, 4.69) is 21.2 Å². The summed E-state index contributed by atoms with van der Waals surface area (Å²) < 4.78 is 22.5. The number of allylic oxidation sites excluding steroid dienone is 1. The average Bonchev–Trinajstić information content (AvgIpc) is 2.86. The molecule has 3 aromatic rings. The molecule has 3 rings (SSSR count). The quantitative estimate of drug-likeness (QED) is 0.162. The monoisotopic (exact) mass is 557 g/mol. The van der Waals surface area contributed by atoms with Gasteiger partial charge in [0.05, 0.1) is 38.6 Å². The second-order valence-electron chi connectivity index (χ2n) is 7.23. The molecule has 0 aliphatic carbocycles. The predicted octanol–water partition coefficient (Wildman–Crippen LogP) is 7.12. The molecule has 8 heteroatoms. The maximum Gasteiger partial charge on any atom is 0.203 e. The summed E-state index contributed by atoms with van der Waals surface area (Å²) >= 11 is 9.53. The Hall–Kier alpha value is -3.42. The fraction of sp³-hybridized carbons (Fsp3) is 0.148. The van der Waals surface area contributed by atoms with Crippen molar-refractivity contribution in [2.75, 3.05) is 33.8 Å². The number of benzene rings is 3. The van der Waals surface area contributed by atoms with E-state index < -0.39 is 0 Å². The minimum atomic E-state index is -0.170. The molecule has 0 saturated carbocycles. The van der Waals surface area contributed by atoms with Gasteiger partial charge in [-0.25, -0.2) is 0 Å². The van der Waals surface area contributed by atoms with E-state index in [9.17, 15) is 4.79 Å². The molecule has 0 spiro atoms. The van der Waals surface area contributed by atoms with Crippen molar-refractivity contribution in [2.45, 2.75) is 0 Å². The standard InChI is InChI=1S/C27H25BrClNO5/c1-32-24-14-18(15-25(33-2)27(24)35-4)9-8-17-12-21(28)26(34-3)22(13-17)30-11-10-23(31)19-6-5-7-20(29)16-19/h5-16,30H,1-4H3/b9-8-,11-10-. The first-order valence-corrected chi connectivity index (χ1v) is 11.7. The van der Waals surface area contributed by atoms with Crippen molar-refractivity contribution >= 4 is 51.2 Å². The van der Waals surface area contributed by atoms with Crippen LogP contribution in [0, 0.1) is 0 Å². The maximum absolute atomic E-state index is 12.4. The van der Waals surface area contributed by atoms with Crippen molar-refractivity contribution in [1.82, 2.24) is 0 Å². The molecule has 0 aliphatic rings. The lowest BCUT2D eigenvalue weighted by molar-refractivity contribution is 0.104. The lowest BCUT2D eigenvalue weighted by Gasteiger charge is -2.13. The van der Waals surface area contributed by atoms with Gasteiger partial charge in [0, 0.05) is 22.9 Å². The number of methoxy groups -OCH3 is 4. The number of nitrogens with one attached hydrogen (secondary N) is 1. The van der Waals surface area contributed by atoms with Crippen LogP contribution in [0.5, 0.6) is 23.0 Å². The zero-order valence-corrected chi connectivity index (χ0v) is 22.1. The Balaban J connectivity index is 1.85. The van der Waals surface area contributed by atoms with Crippen LogP contribution < -0.4 is 24.3 Å². The Morgan fingerprint density at radius 2 is 1.49 bits per heavy atom. The number of carbonyl (C=O) groups excluding carboxylic acids is 1. The van der Waals surface area contributed by atoms with Gasteiger partial charge in [-0.15, -0.1) is 0 Å². The lowest BCUT2D eigenvalue weighted by Crippen LogP contribution is -1.98. The van der Waals surface area contributed by atoms with Gasteiger partial charge in [0.2, 0.25) is 5.75 Å². The van der Waals surface area contributed by atoms with Crippen molar-refractivity contribution < 1.29 is 23.7 Å². The van der Waals surface area contributed by atoms with E-state index in [1.54, 1.807) is 58.9 Å². The number of ether oxygens (including phenoxy) is 4. The molecule has 3 aromatic carbocycles. The summed E-state index contributed by atoms with van der Waals surface area (Å²) in [4.78, 5) is 12.4. The van der Waals surface area contributed by atoms with Crippen LogP contribution in [-0.4, -0.2) is 34.2 Å². The summed E-state index contributed by atoms with van der Waals surface area (Å²) in [6.07, 6.45) is 6.88. The third-order valence-electron chi connectivity index (χ3n) is 5.01. The minimum Gasteiger partial charge on any atom is -0.493 e. The predicted molar refractivity (Wildman–Crippen MR) is 144 cm³/mol. The Bertz CT molecular complexity index is 1250. The zero-order valence-electron chi connectivity index (χ0n) is 19.7. The van der Waals surface area contributed by atoms with Gasteiger partial charge in [0.1, 0.15) is 0 Å². The fourth-order valence-corrected chi connectivity index (χ4v) is 4.19. The summed E-state index contributed by atoms with van der Waals surface area (Å²) in [6, 6.07) is 14.4. The van der Waals surface area contributed by atoms with Crippen molar-refractivity contribution in [2.24, 2.45) is 0 Å². The van der Waals surface area contributed by atoms with Crippen LogP contribution >= 0.6 is 27.5 Å². The normalized spacial score (nSPS) is 11.0. The van der Waals surface area contributed by atoms with Crippen LogP contribution in [-0.2, 0) is 0 Å². The van der Waals surface area contributed by atoms with E-state index in [1.165, 1.54) is 6.08 Å². The molecule has 6 nitrogen and oxygen atoms in total. The van der Waals surface area contributed by atoms with Crippen LogP contribution in [0.4, 0.5) is 5.69 Å². The van der Waals surface area contributed by atoms with E-state index in [1.807, 2.05) is 36.4 Å². The highest BCUT2D eigenvalue weighted by molar-refractivity contribution is 9.10. The molecule has 0 aromatic heterocycles. The van der Waals surface area contributed by atoms with Gasteiger partial charge < -0.3 is 24.3 Å². The number of halogens is 2. The fourth-order valence-electron chi connectivity index (χ4n) is 3.36. The molecule has 0 fully saturated rings. The molecule has 0 aliphatic heterocycles. The molecule has 0 atom stereocenters. The van der Waals surface area contributed by atoms with E-state index >= 15 is 0 Å². The maximum atomic E-state index is 12.4. The minimum absolute atomic E-state index is 0.170. The van der Waals surface area contributed by atoms with Crippen molar-refractivity contribution in [3.05, 3.63) is 87.0 Å². The summed E-state index contributed by atoms with van der Waals surface area (Å²) in [7, 11) is 6.30. The number of ketones is 1. The zero-order chi connectivity index (χ0) is 25.4. The van der Waals surface area contributed by atoms with Gasteiger partial charge in [-0.3, -0.25) is 4.79 Å². The second kappa shape index (κ2) is 12.3. The highest BCUT2D eigenvalue weighted by atomic mass is 79.9. The molecule has 0 unspecified atom stereocenters. The molecule has 0 bridgehead atoms. The average molecular weight is 559 g/mol. The molecular formula is C27H25BrClNO5. The molecule has 182 valence electrons. The van der Waals surface area contributed by atoms with Crippen LogP contribution in [0.25, 0.3) is 12.2 Å². The van der Waals surface area contributed by atoms with E-state index in [4.69, 9.17) is 30.5 Å². The third kappa shape index (κ3) is 6.59. The smallest absolute Gasteiger partial charge is 0.203 e. The number of hydrogen-bond donors (Lipinski definition) is 1. The Kier molecular flexibility index (Phi) is 9.23. The van der Waals surface area contributed by atoms with Gasteiger partial charge in [0.15, 0.2) is 23.0 Å². The Morgan fingerprint density at radius 3 is 2.06 bits per heavy atom. The van der Waals surface area contributed by atoms with E-state index in [0.717, 1.165) is 15.6 Å². The SMILES string of the molecule is COc1cc(/C=C\c2cc(Br)c(OC)c(N/C=C\C(=O)c3cccc(Cl)c3)c2)cc(OC)c1OC. The lowest BCUT2D eigenvalue weighted by atomic mass is 10.1. The number of hydrogen-bond acceptors (Lipinski definition) is 6. The van der Waals surface area contributed by atoms with Gasteiger partial charge in [0.25, 0.3) is 0 Å². The van der Waals surface area contributed by atoms with Crippen molar-refractivity contribution in [3.63, 3.8) is 0 Å². The third-order valence-corrected chi connectivity index (χ3v) is 5.83. The topological polar surface area (TPSA) is 66.0 Å². The van der Waals surface area contributed by atoms with Gasteiger partial charge >= 0.3 is 0 Å². The summed E-state index contributed by atoms with van der Waals surface area (Å²) in [5, 5.41) is 3.64. The van der Waals surface area contributed by atoms with Gasteiger partial charge in [-0.05, 0) is 63.5 Å².